The smallest absolute Gasteiger partial charge is 0.179 e. The molecule has 0 unspecified atom stereocenters. The zero-order chi connectivity index (χ0) is 33.2. The largest absolute Gasteiger partial charge is 0.309 e. The summed E-state index contributed by atoms with van der Waals surface area (Å²) in [5.74, 6) is 0. The predicted octanol–water partition coefficient (Wildman–Crippen LogP) is 9.03. The van der Waals surface area contributed by atoms with Gasteiger partial charge in [0.25, 0.3) is 0 Å². The lowest BCUT2D eigenvalue weighted by atomic mass is 9.85. The normalized spacial score (nSPS) is 12.7. The van der Waals surface area contributed by atoms with Crippen molar-refractivity contribution in [3.63, 3.8) is 0 Å². The average molecular weight is 646 g/mol. The van der Waals surface area contributed by atoms with Crippen LogP contribution in [-0.2, 0) is 11.8 Å². The van der Waals surface area contributed by atoms with Crippen LogP contribution in [0.5, 0.6) is 0 Å². The first-order chi connectivity index (χ1) is 23.9. The quantitative estimate of drug-likeness (QED) is 0.130. The molecule has 0 N–H and O–H groups in total. The van der Waals surface area contributed by atoms with Crippen molar-refractivity contribution in [2.24, 2.45) is 0 Å². The van der Waals surface area contributed by atoms with Crippen LogP contribution >= 0.6 is 0 Å². The van der Waals surface area contributed by atoms with Crippen LogP contribution in [0.4, 0.5) is 0 Å². The van der Waals surface area contributed by atoms with Crippen molar-refractivity contribution in [2.75, 3.05) is 0 Å². The maximum atomic E-state index is 2.57. The Hall–Kier alpha value is -5.44. The fourth-order valence-electron chi connectivity index (χ4n) is 8.41. The summed E-state index contributed by atoms with van der Waals surface area (Å²) in [5.41, 5.74) is 10.8. The molecule has 0 aliphatic heterocycles. The molecule has 0 atom stereocenters. The lowest BCUT2D eigenvalue weighted by molar-refractivity contribution is 0.590. The molecule has 236 valence electrons. The molecule has 0 amide bonds. The predicted molar refractivity (Wildman–Crippen MR) is 211 cm³/mol. The highest BCUT2D eigenvalue weighted by Crippen LogP contribution is 2.45. The summed E-state index contributed by atoms with van der Waals surface area (Å²) in [6.07, 6.45) is 0.948. The molecular formula is C47H39NSi. The summed E-state index contributed by atoms with van der Waals surface area (Å²) >= 11 is 0. The number of nitrogens with zero attached hydrogens (tertiary/aromatic N) is 1. The monoisotopic (exact) mass is 645 g/mol. The molecule has 2 heteroatoms. The third kappa shape index (κ3) is 4.59. The maximum absolute atomic E-state index is 2.70. The Labute approximate surface area is 290 Å². The minimum atomic E-state index is -2.70. The van der Waals surface area contributed by atoms with Gasteiger partial charge in [0.05, 0.1) is 11.0 Å². The topological polar surface area (TPSA) is 4.93 Å². The lowest BCUT2D eigenvalue weighted by Crippen LogP contribution is -2.74. The van der Waals surface area contributed by atoms with Crippen LogP contribution < -0.4 is 20.7 Å². The lowest BCUT2D eigenvalue weighted by Gasteiger charge is -2.34. The van der Waals surface area contributed by atoms with Gasteiger partial charge in [-0.25, -0.2) is 0 Å². The number of hydrogen-bond acceptors (Lipinski definition) is 0. The average Bonchev–Trinajstić information content (AvgIpc) is 3.68. The summed E-state index contributed by atoms with van der Waals surface area (Å²) in [5, 5.41) is 8.29. The molecule has 1 nitrogen and oxygen atoms in total. The highest BCUT2D eigenvalue weighted by Gasteiger charge is 2.41. The summed E-state index contributed by atoms with van der Waals surface area (Å²) in [6, 6.07) is 64.0. The molecule has 0 saturated heterocycles. The molecule has 0 radical (unpaired) electrons. The van der Waals surface area contributed by atoms with Crippen molar-refractivity contribution in [1.29, 1.82) is 0 Å². The van der Waals surface area contributed by atoms with Gasteiger partial charge in [0, 0.05) is 16.5 Å². The van der Waals surface area contributed by atoms with E-state index in [0.717, 1.165) is 6.42 Å². The third-order valence-corrected chi connectivity index (χ3v) is 15.5. The Morgan fingerprint density at radius 2 is 1.04 bits per heavy atom. The number of hydrogen-bond donors (Lipinski definition) is 0. The zero-order valence-electron chi connectivity index (χ0n) is 28.3. The van der Waals surface area contributed by atoms with E-state index in [4.69, 9.17) is 0 Å². The number of aromatic nitrogens is 1. The van der Waals surface area contributed by atoms with E-state index in [1.807, 2.05) is 0 Å². The van der Waals surface area contributed by atoms with Gasteiger partial charge in [0.2, 0.25) is 0 Å². The van der Waals surface area contributed by atoms with Crippen LogP contribution in [0.25, 0.3) is 38.6 Å². The van der Waals surface area contributed by atoms with Crippen molar-refractivity contribution >= 4 is 50.6 Å². The summed E-state index contributed by atoms with van der Waals surface area (Å²) in [6.45, 7) is 6.93. The van der Waals surface area contributed by atoms with Crippen LogP contribution in [0.2, 0.25) is 0 Å². The van der Waals surface area contributed by atoms with Gasteiger partial charge in [0.1, 0.15) is 0 Å². The van der Waals surface area contributed by atoms with Gasteiger partial charge >= 0.3 is 0 Å². The Bertz CT molecular complexity index is 2370. The maximum Gasteiger partial charge on any atom is 0.179 e. The highest BCUT2D eigenvalue weighted by molar-refractivity contribution is 7.20. The molecule has 1 aliphatic rings. The Kier molecular flexibility index (Phi) is 6.86. The molecule has 0 bridgehead atoms. The highest BCUT2D eigenvalue weighted by atomic mass is 28.3. The second-order valence-electron chi connectivity index (χ2n) is 14.5. The Morgan fingerprint density at radius 1 is 0.490 bits per heavy atom. The second-order valence-corrected chi connectivity index (χ2v) is 18.3. The van der Waals surface area contributed by atoms with E-state index in [2.05, 4.69) is 195 Å². The third-order valence-electron chi connectivity index (χ3n) is 10.7. The second kappa shape index (κ2) is 11.3. The molecule has 0 saturated carbocycles. The van der Waals surface area contributed by atoms with Crippen molar-refractivity contribution < 1.29 is 0 Å². The molecule has 49 heavy (non-hydrogen) atoms. The minimum Gasteiger partial charge on any atom is -0.309 e. The number of para-hydroxylation sites is 1. The van der Waals surface area contributed by atoms with Crippen molar-refractivity contribution in [3.8, 4) is 16.8 Å². The van der Waals surface area contributed by atoms with E-state index in [1.54, 1.807) is 0 Å². The standard InChI is InChI=1S/C47H39NSi/c1-47(2,3)34-25-24-33-30-42-40(41(33)31-34)27-29-45-46(42)43-32-39(26-28-44(43)48(45)35-16-8-4-9-17-35)49(36-18-10-5-11-19-36,37-20-12-6-13-21-37)38-22-14-7-15-23-38/h4-29,31-32H,30H2,1-3H3. The summed E-state index contributed by atoms with van der Waals surface area (Å²) in [4.78, 5) is 0. The fourth-order valence-corrected chi connectivity index (χ4v) is 13.2. The first-order valence-electron chi connectivity index (χ1n) is 17.4. The van der Waals surface area contributed by atoms with E-state index in [0.29, 0.717) is 0 Å². The van der Waals surface area contributed by atoms with Crippen LogP contribution in [0.1, 0.15) is 37.5 Å². The Morgan fingerprint density at radius 3 is 1.61 bits per heavy atom. The van der Waals surface area contributed by atoms with Crippen molar-refractivity contribution in [1.82, 2.24) is 4.57 Å². The zero-order valence-corrected chi connectivity index (χ0v) is 29.3. The fraction of sp³-hybridized carbons (Fsp3) is 0.106. The number of fused-ring (bicyclic) bond motifs is 7. The number of rotatable bonds is 5. The van der Waals surface area contributed by atoms with E-state index in [1.165, 1.54) is 76.1 Å². The number of benzene rings is 7. The molecule has 1 aromatic heterocycles. The SMILES string of the molecule is CC(C)(C)c1ccc2c(c1)-c1ccc3c(c1C2)c1cc([Si](c2ccccc2)(c2ccccc2)c2ccccc2)ccc1n3-c1ccccc1. The first kappa shape index (κ1) is 29.7. The molecule has 9 rings (SSSR count). The van der Waals surface area contributed by atoms with Gasteiger partial charge in [0.15, 0.2) is 8.07 Å². The summed E-state index contributed by atoms with van der Waals surface area (Å²) < 4.78 is 2.48. The van der Waals surface area contributed by atoms with Gasteiger partial charge in [-0.15, -0.1) is 0 Å². The molecule has 7 aromatic carbocycles. The molecule has 0 spiro atoms. The van der Waals surface area contributed by atoms with Crippen molar-refractivity contribution in [3.05, 3.63) is 187 Å². The van der Waals surface area contributed by atoms with Gasteiger partial charge in [-0.3, -0.25) is 0 Å². The minimum absolute atomic E-state index is 0.0976. The first-order valence-corrected chi connectivity index (χ1v) is 19.4. The molecule has 0 fully saturated rings. The van der Waals surface area contributed by atoms with Crippen molar-refractivity contribution in [2.45, 2.75) is 32.6 Å². The van der Waals surface area contributed by atoms with Gasteiger partial charge in [-0.05, 0) is 84.7 Å². The molecule has 8 aromatic rings. The Balaban J connectivity index is 1.40. The molecular weight excluding hydrogens is 607 g/mol. The summed E-state index contributed by atoms with van der Waals surface area (Å²) in [7, 11) is -2.70. The van der Waals surface area contributed by atoms with E-state index < -0.39 is 8.07 Å². The van der Waals surface area contributed by atoms with Crippen LogP contribution in [0.3, 0.4) is 0 Å². The van der Waals surface area contributed by atoms with Crippen LogP contribution in [0, 0.1) is 0 Å². The van der Waals surface area contributed by atoms with Crippen LogP contribution in [0.15, 0.2) is 170 Å². The van der Waals surface area contributed by atoms with Gasteiger partial charge < -0.3 is 4.57 Å². The van der Waals surface area contributed by atoms with Crippen LogP contribution in [-0.4, -0.2) is 12.6 Å². The van der Waals surface area contributed by atoms with E-state index >= 15 is 0 Å². The molecule has 1 heterocycles. The van der Waals surface area contributed by atoms with E-state index in [-0.39, 0.29) is 5.41 Å². The van der Waals surface area contributed by atoms with E-state index in [9.17, 15) is 0 Å². The molecule has 1 aliphatic carbocycles. The van der Waals surface area contributed by atoms with Gasteiger partial charge in [-0.2, -0.15) is 0 Å². The van der Waals surface area contributed by atoms with Gasteiger partial charge in [-0.1, -0.05) is 166 Å².